The summed E-state index contributed by atoms with van der Waals surface area (Å²) < 4.78 is 7.18. The number of aryl methyl sites for hydroxylation is 1. The Kier molecular flexibility index (Phi) is 6.15. The maximum Gasteiger partial charge on any atom is 0.249 e. The van der Waals surface area contributed by atoms with E-state index >= 15 is 0 Å². The lowest BCUT2D eigenvalue weighted by Gasteiger charge is -2.40. The van der Waals surface area contributed by atoms with Crippen LogP contribution in [-0.2, 0) is 14.3 Å². The zero-order chi connectivity index (χ0) is 22.8. The first-order chi connectivity index (χ1) is 15.4. The molecule has 0 saturated heterocycles. The van der Waals surface area contributed by atoms with Gasteiger partial charge in [-0.3, -0.25) is 14.5 Å². The van der Waals surface area contributed by atoms with Crippen molar-refractivity contribution in [1.29, 1.82) is 0 Å². The summed E-state index contributed by atoms with van der Waals surface area (Å²) in [6.07, 6.45) is 2.03. The minimum Gasteiger partial charge on any atom is -0.375 e. The van der Waals surface area contributed by atoms with Gasteiger partial charge in [0, 0.05) is 19.3 Å². The van der Waals surface area contributed by atoms with Gasteiger partial charge >= 0.3 is 0 Å². The van der Waals surface area contributed by atoms with Crippen LogP contribution in [0, 0.1) is 6.92 Å². The molecular formula is C26H29N3O3. The third-order valence-electron chi connectivity index (χ3n) is 5.90. The molecule has 0 bridgehead atoms. The van der Waals surface area contributed by atoms with Crippen LogP contribution in [0.25, 0.3) is 5.69 Å². The Bertz CT molecular complexity index is 1120. The average Bonchev–Trinajstić information content (AvgIpc) is 3.27. The monoisotopic (exact) mass is 431 g/mol. The van der Waals surface area contributed by atoms with Crippen LogP contribution < -0.4 is 4.90 Å². The average molecular weight is 432 g/mol. The Morgan fingerprint density at radius 2 is 1.69 bits per heavy atom. The van der Waals surface area contributed by atoms with Crippen molar-refractivity contribution >= 4 is 17.5 Å². The number of aromatic nitrogens is 1. The molecule has 1 aromatic heterocycles. The zero-order valence-electron chi connectivity index (χ0n) is 19.0. The summed E-state index contributed by atoms with van der Waals surface area (Å²) in [6, 6.07) is 19.8. The summed E-state index contributed by atoms with van der Waals surface area (Å²) in [5, 5.41) is 0. The number of carbonyl (C=O) groups excluding carboxylic acids is 2. The van der Waals surface area contributed by atoms with Gasteiger partial charge in [-0.25, -0.2) is 0 Å². The fourth-order valence-electron chi connectivity index (χ4n) is 4.31. The van der Waals surface area contributed by atoms with Gasteiger partial charge in [-0.05, 0) is 50.6 Å². The highest BCUT2D eigenvalue weighted by atomic mass is 16.5. The molecule has 0 saturated carbocycles. The van der Waals surface area contributed by atoms with Gasteiger partial charge in [-0.15, -0.1) is 0 Å². The zero-order valence-corrected chi connectivity index (χ0v) is 19.0. The lowest BCUT2D eigenvalue weighted by molar-refractivity contribution is -0.140. The van der Waals surface area contributed by atoms with Crippen LogP contribution in [0.15, 0.2) is 66.9 Å². The molecule has 1 aliphatic heterocycles. The van der Waals surface area contributed by atoms with Crippen molar-refractivity contribution in [3.8, 4) is 5.69 Å². The van der Waals surface area contributed by atoms with Crippen molar-refractivity contribution in [2.45, 2.75) is 32.9 Å². The Hall–Kier alpha value is -3.38. The minimum atomic E-state index is -0.292. The molecule has 0 radical (unpaired) electrons. The van der Waals surface area contributed by atoms with Crippen molar-refractivity contribution in [2.24, 2.45) is 0 Å². The van der Waals surface area contributed by atoms with Gasteiger partial charge in [0.15, 0.2) is 0 Å². The normalized spacial score (nSPS) is 14.8. The van der Waals surface area contributed by atoms with E-state index in [1.54, 1.807) is 4.90 Å². The smallest absolute Gasteiger partial charge is 0.249 e. The van der Waals surface area contributed by atoms with Gasteiger partial charge in [-0.2, -0.15) is 0 Å². The first-order valence-corrected chi connectivity index (χ1v) is 10.9. The number of carbonyl (C=O) groups is 2. The second-order valence-electron chi connectivity index (χ2n) is 8.42. The number of rotatable bonds is 6. The van der Waals surface area contributed by atoms with Crippen LogP contribution in [0.2, 0.25) is 0 Å². The predicted molar refractivity (Wildman–Crippen MR) is 125 cm³/mol. The largest absolute Gasteiger partial charge is 0.375 e. The topological polar surface area (TPSA) is 54.8 Å². The molecule has 2 heterocycles. The van der Waals surface area contributed by atoms with Crippen molar-refractivity contribution in [1.82, 2.24) is 9.47 Å². The van der Waals surface area contributed by atoms with Gasteiger partial charge in [0.05, 0.1) is 17.1 Å². The molecule has 3 aromatic rings. The molecule has 0 spiro atoms. The van der Waals surface area contributed by atoms with Crippen molar-refractivity contribution in [3.63, 3.8) is 0 Å². The van der Waals surface area contributed by atoms with E-state index < -0.39 is 0 Å². The van der Waals surface area contributed by atoms with E-state index in [1.165, 1.54) is 7.11 Å². The van der Waals surface area contributed by atoms with Gasteiger partial charge in [0.1, 0.15) is 19.2 Å². The number of benzene rings is 2. The highest BCUT2D eigenvalue weighted by Gasteiger charge is 2.37. The number of methoxy groups -OCH3 is 1. The second kappa shape index (κ2) is 9.01. The maximum absolute atomic E-state index is 13.8. The molecular weight excluding hydrogens is 402 g/mol. The molecule has 0 N–H and O–H groups in total. The fraction of sp³-hybridized carbons (Fsp3) is 0.308. The molecule has 1 unspecified atom stereocenters. The molecule has 1 aliphatic rings. The quantitative estimate of drug-likeness (QED) is 0.590. The Balaban J connectivity index is 1.80. The fourth-order valence-corrected chi connectivity index (χ4v) is 4.31. The number of amides is 2. The molecule has 32 heavy (non-hydrogen) atoms. The van der Waals surface area contributed by atoms with E-state index in [2.05, 4.69) is 34.9 Å². The third-order valence-corrected chi connectivity index (χ3v) is 5.90. The van der Waals surface area contributed by atoms with Gasteiger partial charge in [0.2, 0.25) is 11.8 Å². The first kappa shape index (κ1) is 21.8. The molecule has 0 aliphatic carbocycles. The van der Waals surface area contributed by atoms with E-state index in [9.17, 15) is 9.59 Å². The van der Waals surface area contributed by atoms with Gasteiger partial charge in [-0.1, -0.05) is 42.0 Å². The summed E-state index contributed by atoms with van der Waals surface area (Å²) in [7, 11) is 1.49. The van der Waals surface area contributed by atoms with Crippen LogP contribution >= 0.6 is 0 Å². The van der Waals surface area contributed by atoms with Crippen LogP contribution in [-0.4, -0.2) is 47.6 Å². The Morgan fingerprint density at radius 1 is 1.00 bits per heavy atom. The third kappa shape index (κ3) is 3.94. The number of hydrogen-bond donors (Lipinski definition) is 0. The highest BCUT2D eigenvalue weighted by molar-refractivity contribution is 6.00. The summed E-state index contributed by atoms with van der Waals surface area (Å²) in [6.45, 7) is 5.80. The summed E-state index contributed by atoms with van der Waals surface area (Å²) in [5.74, 6) is -0.329. The summed E-state index contributed by atoms with van der Waals surface area (Å²) in [4.78, 5) is 29.9. The molecule has 1 atom stereocenters. The SMILES string of the molecule is COCC(=O)N(CC(=O)N1c2ccccc2-n2cccc2C1c1ccc(C)cc1)C(C)C. The van der Waals surface area contributed by atoms with E-state index in [-0.39, 0.29) is 37.0 Å². The molecule has 2 aromatic carbocycles. The van der Waals surface area contributed by atoms with E-state index in [4.69, 9.17) is 4.74 Å². The number of nitrogens with zero attached hydrogens (tertiary/aromatic N) is 3. The molecule has 0 fully saturated rings. The molecule has 4 rings (SSSR count). The minimum absolute atomic E-state index is 0.0166. The molecule has 6 heteroatoms. The molecule has 166 valence electrons. The van der Waals surface area contributed by atoms with Crippen molar-refractivity contribution in [2.75, 3.05) is 25.2 Å². The standard InChI is InChI=1S/C26H29N3O3/c1-18(2)28(25(31)17-32-4)16-24(30)29-22-9-6-5-8-21(22)27-15-7-10-23(27)26(29)20-13-11-19(3)12-14-20/h5-15,18,26H,16-17H2,1-4H3. The van der Waals surface area contributed by atoms with E-state index in [0.717, 1.165) is 28.2 Å². The van der Waals surface area contributed by atoms with Gasteiger partial charge in [0.25, 0.3) is 0 Å². The number of anilines is 1. The number of fused-ring (bicyclic) bond motifs is 3. The van der Waals surface area contributed by atoms with Crippen LogP contribution in [0.1, 0.15) is 36.7 Å². The van der Waals surface area contributed by atoms with Crippen molar-refractivity contribution < 1.29 is 14.3 Å². The summed E-state index contributed by atoms with van der Waals surface area (Å²) in [5.41, 5.74) is 4.98. The Labute approximate surface area is 189 Å². The predicted octanol–water partition coefficient (Wildman–Crippen LogP) is 4.11. The maximum atomic E-state index is 13.8. The highest BCUT2D eigenvalue weighted by Crippen LogP contribution is 2.42. The second-order valence-corrected chi connectivity index (χ2v) is 8.42. The number of ether oxygens (including phenoxy) is 1. The lowest BCUT2D eigenvalue weighted by atomic mass is 9.97. The van der Waals surface area contributed by atoms with E-state index in [0.29, 0.717) is 0 Å². The van der Waals surface area contributed by atoms with Crippen LogP contribution in [0.4, 0.5) is 5.69 Å². The number of hydrogen-bond acceptors (Lipinski definition) is 3. The van der Waals surface area contributed by atoms with Crippen LogP contribution in [0.5, 0.6) is 0 Å². The van der Waals surface area contributed by atoms with E-state index in [1.807, 2.05) is 62.2 Å². The Morgan fingerprint density at radius 3 is 2.34 bits per heavy atom. The number of para-hydroxylation sites is 2. The lowest BCUT2D eigenvalue weighted by Crippen LogP contribution is -2.49. The van der Waals surface area contributed by atoms with Crippen molar-refractivity contribution in [3.05, 3.63) is 83.7 Å². The summed E-state index contributed by atoms with van der Waals surface area (Å²) >= 11 is 0. The molecule has 6 nitrogen and oxygen atoms in total. The van der Waals surface area contributed by atoms with Gasteiger partial charge < -0.3 is 14.2 Å². The molecule has 2 amide bonds. The van der Waals surface area contributed by atoms with Crippen LogP contribution in [0.3, 0.4) is 0 Å². The first-order valence-electron chi connectivity index (χ1n) is 10.9.